The third-order valence-corrected chi connectivity index (χ3v) is 6.31. The standard InChI is InChI=1S/C21H21N3O3S/c1-21(15-8-3-2-4-9-15)19(26)24(20(27)22-21)14-18(25)23-12-7-13-28-17-11-6-5-10-16(17)23/h2-6,8-11H,7,12-14H2,1H3,(H,22,27)/t21-/m1/s1. The zero-order valence-electron chi connectivity index (χ0n) is 15.6. The normalized spacial score (nSPS) is 21.9. The molecule has 2 heterocycles. The molecule has 4 rings (SSSR count). The van der Waals surface area contributed by atoms with Crippen LogP contribution < -0.4 is 10.2 Å². The third kappa shape index (κ3) is 3.16. The highest BCUT2D eigenvalue weighted by Gasteiger charge is 2.49. The number of urea groups is 1. The van der Waals surface area contributed by atoms with Crippen LogP contribution >= 0.6 is 11.8 Å². The molecule has 0 radical (unpaired) electrons. The quantitative estimate of drug-likeness (QED) is 0.812. The van der Waals surface area contributed by atoms with Crippen LogP contribution in [0.2, 0.25) is 0 Å². The first kappa shape index (κ1) is 18.6. The molecule has 1 fully saturated rings. The molecule has 0 saturated carbocycles. The first-order valence-corrected chi connectivity index (χ1v) is 10.2. The van der Waals surface area contributed by atoms with E-state index < -0.39 is 17.5 Å². The Morgan fingerprint density at radius 1 is 1.11 bits per heavy atom. The second kappa shape index (κ2) is 7.31. The van der Waals surface area contributed by atoms with Gasteiger partial charge in [-0.15, -0.1) is 11.8 Å². The number of carbonyl (C=O) groups is 3. The lowest BCUT2D eigenvalue weighted by molar-refractivity contribution is -0.134. The van der Waals surface area contributed by atoms with Gasteiger partial charge in [0, 0.05) is 11.4 Å². The largest absolute Gasteiger partial charge is 0.325 e. The monoisotopic (exact) mass is 395 g/mol. The molecule has 28 heavy (non-hydrogen) atoms. The fourth-order valence-electron chi connectivity index (χ4n) is 3.61. The van der Waals surface area contributed by atoms with E-state index in [1.807, 2.05) is 42.5 Å². The van der Waals surface area contributed by atoms with E-state index in [9.17, 15) is 14.4 Å². The molecular formula is C21H21N3O3S. The Balaban J connectivity index is 1.57. The molecule has 1 saturated heterocycles. The number of nitrogens with one attached hydrogen (secondary N) is 1. The van der Waals surface area contributed by atoms with Crippen molar-refractivity contribution in [3.63, 3.8) is 0 Å². The molecule has 0 aliphatic carbocycles. The maximum atomic E-state index is 13.1. The van der Waals surface area contributed by atoms with Crippen molar-refractivity contribution in [3.8, 4) is 0 Å². The van der Waals surface area contributed by atoms with Gasteiger partial charge in [0.25, 0.3) is 5.91 Å². The van der Waals surface area contributed by atoms with Crippen LogP contribution in [0.4, 0.5) is 10.5 Å². The zero-order chi connectivity index (χ0) is 19.7. The molecular weight excluding hydrogens is 374 g/mol. The second-order valence-corrected chi connectivity index (χ2v) is 8.16. The maximum absolute atomic E-state index is 13.1. The van der Waals surface area contributed by atoms with Gasteiger partial charge < -0.3 is 10.2 Å². The molecule has 0 spiro atoms. The van der Waals surface area contributed by atoms with Gasteiger partial charge in [-0.05, 0) is 36.8 Å². The van der Waals surface area contributed by atoms with Crippen molar-refractivity contribution in [1.82, 2.24) is 10.2 Å². The average molecular weight is 395 g/mol. The Bertz CT molecular complexity index is 934. The van der Waals surface area contributed by atoms with E-state index in [1.165, 1.54) is 0 Å². The maximum Gasteiger partial charge on any atom is 0.325 e. The fourth-order valence-corrected chi connectivity index (χ4v) is 4.61. The molecule has 0 aromatic heterocycles. The van der Waals surface area contributed by atoms with Crippen molar-refractivity contribution in [2.45, 2.75) is 23.8 Å². The molecule has 0 unspecified atom stereocenters. The number of imide groups is 1. The van der Waals surface area contributed by atoms with Gasteiger partial charge in [0.1, 0.15) is 12.1 Å². The van der Waals surface area contributed by atoms with Gasteiger partial charge in [0.2, 0.25) is 5.91 Å². The molecule has 0 bridgehead atoms. The van der Waals surface area contributed by atoms with E-state index >= 15 is 0 Å². The molecule has 4 amide bonds. The molecule has 6 nitrogen and oxygen atoms in total. The molecule has 2 aromatic carbocycles. The number of benzene rings is 2. The summed E-state index contributed by atoms with van der Waals surface area (Å²) in [5.74, 6) is 0.265. The van der Waals surface area contributed by atoms with Crippen LogP contribution in [0.5, 0.6) is 0 Å². The summed E-state index contributed by atoms with van der Waals surface area (Å²) in [5.41, 5.74) is 0.373. The van der Waals surface area contributed by atoms with Crippen LogP contribution in [-0.2, 0) is 15.1 Å². The van der Waals surface area contributed by atoms with E-state index in [0.717, 1.165) is 27.7 Å². The van der Waals surface area contributed by atoms with Gasteiger partial charge in [-0.3, -0.25) is 14.5 Å². The lowest BCUT2D eigenvalue weighted by atomic mass is 9.92. The predicted molar refractivity (Wildman–Crippen MR) is 108 cm³/mol. The Morgan fingerprint density at radius 3 is 2.61 bits per heavy atom. The van der Waals surface area contributed by atoms with Gasteiger partial charge in [-0.25, -0.2) is 4.79 Å². The van der Waals surface area contributed by atoms with Gasteiger partial charge in [0.15, 0.2) is 0 Å². The summed E-state index contributed by atoms with van der Waals surface area (Å²) in [7, 11) is 0. The predicted octanol–water partition coefficient (Wildman–Crippen LogP) is 2.98. The van der Waals surface area contributed by atoms with Crippen molar-refractivity contribution in [2.75, 3.05) is 23.7 Å². The summed E-state index contributed by atoms with van der Waals surface area (Å²) >= 11 is 1.72. The van der Waals surface area contributed by atoms with Crippen LogP contribution in [0.15, 0.2) is 59.5 Å². The number of para-hydroxylation sites is 1. The van der Waals surface area contributed by atoms with E-state index in [-0.39, 0.29) is 12.5 Å². The number of rotatable bonds is 3. The summed E-state index contributed by atoms with van der Waals surface area (Å²) in [4.78, 5) is 42.4. The molecule has 2 aromatic rings. The molecule has 2 aliphatic heterocycles. The van der Waals surface area contributed by atoms with Crippen LogP contribution in [0.3, 0.4) is 0 Å². The van der Waals surface area contributed by atoms with Crippen molar-refractivity contribution in [1.29, 1.82) is 0 Å². The number of fused-ring (bicyclic) bond motifs is 1. The smallest absolute Gasteiger partial charge is 0.319 e. The highest BCUT2D eigenvalue weighted by Crippen LogP contribution is 2.34. The van der Waals surface area contributed by atoms with E-state index in [4.69, 9.17) is 0 Å². The summed E-state index contributed by atoms with van der Waals surface area (Å²) in [6.07, 6.45) is 0.854. The number of anilines is 1. The fraction of sp³-hybridized carbons (Fsp3) is 0.286. The van der Waals surface area contributed by atoms with E-state index in [2.05, 4.69) is 5.32 Å². The lowest BCUT2D eigenvalue weighted by Gasteiger charge is -2.25. The minimum absolute atomic E-state index is 0.254. The summed E-state index contributed by atoms with van der Waals surface area (Å²) < 4.78 is 0. The molecule has 1 N–H and O–H groups in total. The number of amides is 4. The first-order chi connectivity index (χ1) is 13.5. The number of hydrogen-bond acceptors (Lipinski definition) is 4. The average Bonchev–Trinajstić information content (AvgIpc) is 2.87. The van der Waals surface area contributed by atoms with Crippen molar-refractivity contribution < 1.29 is 14.4 Å². The first-order valence-electron chi connectivity index (χ1n) is 9.22. The van der Waals surface area contributed by atoms with E-state index in [0.29, 0.717) is 12.1 Å². The van der Waals surface area contributed by atoms with E-state index in [1.54, 1.807) is 35.7 Å². The summed E-state index contributed by atoms with van der Waals surface area (Å²) in [6.45, 7) is 1.97. The topological polar surface area (TPSA) is 69.7 Å². The van der Waals surface area contributed by atoms with Gasteiger partial charge in [-0.1, -0.05) is 42.5 Å². The van der Waals surface area contributed by atoms with Crippen LogP contribution in [0.1, 0.15) is 18.9 Å². The van der Waals surface area contributed by atoms with Crippen LogP contribution in [0, 0.1) is 0 Å². The number of nitrogens with zero attached hydrogens (tertiary/aromatic N) is 2. The van der Waals surface area contributed by atoms with Gasteiger partial charge >= 0.3 is 6.03 Å². The van der Waals surface area contributed by atoms with Crippen molar-refractivity contribution in [3.05, 3.63) is 60.2 Å². The van der Waals surface area contributed by atoms with Crippen LogP contribution in [0.25, 0.3) is 0 Å². The zero-order valence-corrected chi connectivity index (χ0v) is 16.4. The molecule has 1 atom stereocenters. The lowest BCUT2D eigenvalue weighted by Crippen LogP contribution is -2.45. The Hall–Kier alpha value is -2.80. The Kier molecular flexibility index (Phi) is 4.85. The molecule has 144 valence electrons. The van der Waals surface area contributed by atoms with Crippen molar-refractivity contribution >= 4 is 35.3 Å². The number of thioether (sulfide) groups is 1. The molecule has 7 heteroatoms. The molecule has 2 aliphatic rings. The Labute approximate surface area is 167 Å². The number of hydrogen-bond donors (Lipinski definition) is 1. The highest BCUT2D eigenvalue weighted by atomic mass is 32.2. The minimum Gasteiger partial charge on any atom is -0.319 e. The summed E-state index contributed by atoms with van der Waals surface area (Å²) in [6, 6.07) is 16.3. The SMILES string of the molecule is C[C@]1(c2ccccc2)NC(=O)N(CC(=O)N2CCCSc3ccccc32)C1=O. The highest BCUT2D eigenvalue weighted by molar-refractivity contribution is 7.99. The van der Waals surface area contributed by atoms with Crippen molar-refractivity contribution in [2.24, 2.45) is 0 Å². The van der Waals surface area contributed by atoms with Crippen LogP contribution in [-0.4, -0.2) is 41.6 Å². The summed E-state index contributed by atoms with van der Waals surface area (Å²) in [5, 5.41) is 2.75. The minimum atomic E-state index is -1.16. The number of carbonyl (C=O) groups excluding carboxylic acids is 3. The Morgan fingerprint density at radius 2 is 1.82 bits per heavy atom. The second-order valence-electron chi connectivity index (χ2n) is 7.03. The third-order valence-electron chi connectivity index (χ3n) is 5.16. The van der Waals surface area contributed by atoms with Gasteiger partial charge in [-0.2, -0.15) is 0 Å². The van der Waals surface area contributed by atoms with Gasteiger partial charge in [0.05, 0.1) is 5.69 Å².